The number of hydrogen-bond donors (Lipinski definition) is 2. The third kappa shape index (κ3) is 11.5. The number of phenolic OH excluding ortho intramolecular Hbond substituents is 2. The van der Waals surface area contributed by atoms with Crippen LogP contribution in [0.3, 0.4) is 0 Å². The van der Waals surface area contributed by atoms with Crippen LogP contribution in [0, 0.1) is 0 Å². The van der Waals surface area contributed by atoms with Gasteiger partial charge in [-0.3, -0.25) is 14.4 Å². The molecular formula is C36H50O9. The summed E-state index contributed by atoms with van der Waals surface area (Å²) in [5, 5.41) is 22.3. The van der Waals surface area contributed by atoms with Crippen molar-refractivity contribution in [3.8, 4) is 23.0 Å². The van der Waals surface area contributed by atoms with Gasteiger partial charge in [0, 0.05) is 19.3 Å². The maximum absolute atomic E-state index is 13.8. The van der Waals surface area contributed by atoms with E-state index < -0.39 is 57.4 Å². The van der Waals surface area contributed by atoms with E-state index in [1.54, 1.807) is 24.3 Å². The van der Waals surface area contributed by atoms with Crippen molar-refractivity contribution in [2.45, 2.75) is 124 Å². The zero-order valence-corrected chi connectivity index (χ0v) is 27.4. The average molecular weight is 627 g/mol. The Morgan fingerprint density at radius 2 is 1.22 bits per heavy atom. The lowest BCUT2D eigenvalue weighted by Crippen LogP contribution is -2.21. The van der Waals surface area contributed by atoms with E-state index in [1.165, 1.54) is 7.11 Å². The summed E-state index contributed by atoms with van der Waals surface area (Å²) >= 11 is 0. The fourth-order valence-corrected chi connectivity index (χ4v) is 5.06. The Bertz CT molecular complexity index is 1280. The van der Waals surface area contributed by atoms with Crippen molar-refractivity contribution in [3.05, 3.63) is 46.5 Å². The van der Waals surface area contributed by atoms with Crippen LogP contribution in [0.15, 0.2) is 24.3 Å². The van der Waals surface area contributed by atoms with Gasteiger partial charge in [-0.05, 0) is 37.0 Å². The third-order valence-electron chi connectivity index (χ3n) is 7.63. The van der Waals surface area contributed by atoms with Gasteiger partial charge >= 0.3 is 11.9 Å². The molecule has 0 aliphatic heterocycles. The van der Waals surface area contributed by atoms with Crippen molar-refractivity contribution in [2.75, 3.05) is 7.11 Å². The summed E-state index contributed by atoms with van der Waals surface area (Å²) in [5.41, 5.74) is -0.831. The molecule has 0 saturated carbocycles. The quantitative estimate of drug-likeness (QED) is 0.0432. The van der Waals surface area contributed by atoms with E-state index in [-0.39, 0.29) is 25.9 Å². The maximum Gasteiger partial charge on any atom is 0.340 e. The molecule has 9 heteroatoms. The third-order valence-corrected chi connectivity index (χ3v) is 7.63. The number of ether oxygens (including phenoxy) is 3. The summed E-state index contributed by atoms with van der Waals surface area (Å²) in [6.07, 6.45) is 9.33. The van der Waals surface area contributed by atoms with E-state index in [0.29, 0.717) is 30.6 Å². The molecule has 248 valence electrons. The van der Waals surface area contributed by atoms with Crippen LogP contribution in [0.2, 0.25) is 0 Å². The Hall–Kier alpha value is -3.88. The Balaban J connectivity index is 2.65. The topological polar surface area (TPSA) is 136 Å². The molecule has 0 heterocycles. The highest BCUT2D eigenvalue weighted by atomic mass is 16.5. The average Bonchev–Trinajstić information content (AvgIpc) is 3.04. The molecule has 0 aromatic heterocycles. The number of rotatable bonds is 22. The number of esters is 2. The fourth-order valence-electron chi connectivity index (χ4n) is 5.06. The van der Waals surface area contributed by atoms with Gasteiger partial charge in [0.1, 0.15) is 12.4 Å². The second-order valence-electron chi connectivity index (χ2n) is 11.3. The second kappa shape index (κ2) is 20.2. The summed E-state index contributed by atoms with van der Waals surface area (Å²) in [4.78, 5) is 54.1. The van der Waals surface area contributed by atoms with E-state index in [1.807, 2.05) is 20.8 Å². The standard InChI is InChI=1S/C36H50O9/c1-5-8-11-14-20-27(37)30-32(36(42)44-24-25-18-17-19-26(23-25)43-4)31(28(38)21-15-12-9-6-2)35(34(41)33(30)40)45-29(39)22-16-13-10-7-3/h17-19,23,40-41H,5-16,20-22,24H2,1-4H3. The summed E-state index contributed by atoms with van der Waals surface area (Å²) in [6, 6.07) is 6.85. The highest BCUT2D eigenvalue weighted by Crippen LogP contribution is 2.46. The van der Waals surface area contributed by atoms with Crippen molar-refractivity contribution in [1.29, 1.82) is 0 Å². The predicted molar refractivity (Wildman–Crippen MR) is 172 cm³/mol. The number of Topliss-reactive ketones (excluding diaryl/α,β-unsaturated/α-hetero) is 2. The number of methoxy groups -OCH3 is 1. The number of hydrogen-bond acceptors (Lipinski definition) is 9. The lowest BCUT2D eigenvalue weighted by molar-refractivity contribution is -0.134. The minimum Gasteiger partial charge on any atom is -0.504 e. The Labute approximate surface area is 267 Å². The summed E-state index contributed by atoms with van der Waals surface area (Å²) in [7, 11) is 1.51. The van der Waals surface area contributed by atoms with Crippen LogP contribution in [0.25, 0.3) is 0 Å². The molecular weight excluding hydrogens is 576 g/mol. The second-order valence-corrected chi connectivity index (χ2v) is 11.3. The van der Waals surface area contributed by atoms with Crippen molar-refractivity contribution >= 4 is 23.5 Å². The Morgan fingerprint density at radius 3 is 1.78 bits per heavy atom. The van der Waals surface area contributed by atoms with Crippen molar-refractivity contribution in [3.63, 3.8) is 0 Å². The van der Waals surface area contributed by atoms with Gasteiger partial charge in [-0.2, -0.15) is 0 Å². The molecule has 0 bridgehead atoms. The molecule has 2 aromatic carbocycles. The van der Waals surface area contributed by atoms with E-state index in [0.717, 1.165) is 57.8 Å². The normalized spacial score (nSPS) is 10.8. The number of ketones is 2. The van der Waals surface area contributed by atoms with Gasteiger partial charge < -0.3 is 24.4 Å². The van der Waals surface area contributed by atoms with Crippen LogP contribution in [0.4, 0.5) is 0 Å². The fraction of sp³-hybridized carbons (Fsp3) is 0.556. The molecule has 0 spiro atoms. The molecule has 45 heavy (non-hydrogen) atoms. The number of carbonyl (C=O) groups excluding carboxylic acids is 4. The first kappa shape index (κ1) is 37.3. The first-order chi connectivity index (χ1) is 21.7. The molecule has 0 amide bonds. The molecule has 0 atom stereocenters. The van der Waals surface area contributed by atoms with Crippen LogP contribution in [0.5, 0.6) is 23.0 Å². The van der Waals surface area contributed by atoms with Crippen LogP contribution >= 0.6 is 0 Å². The van der Waals surface area contributed by atoms with Crippen molar-refractivity contribution in [1.82, 2.24) is 0 Å². The maximum atomic E-state index is 13.8. The highest BCUT2D eigenvalue weighted by Gasteiger charge is 2.36. The smallest absolute Gasteiger partial charge is 0.340 e. The van der Waals surface area contributed by atoms with Crippen molar-refractivity contribution < 1.29 is 43.6 Å². The summed E-state index contributed by atoms with van der Waals surface area (Å²) in [6.45, 7) is 5.88. The number of phenols is 2. The van der Waals surface area contributed by atoms with Crippen molar-refractivity contribution in [2.24, 2.45) is 0 Å². The lowest BCUT2D eigenvalue weighted by Gasteiger charge is -2.20. The predicted octanol–water partition coefficient (Wildman–Crippen LogP) is 8.65. The summed E-state index contributed by atoms with van der Waals surface area (Å²) in [5.74, 6) is -4.91. The van der Waals surface area contributed by atoms with Gasteiger partial charge in [0.2, 0.25) is 5.75 Å². The first-order valence-corrected chi connectivity index (χ1v) is 16.4. The molecule has 0 saturated heterocycles. The van der Waals surface area contributed by atoms with Crippen LogP contribution < -0.4 is 9.47 Å². The van der Waals surface area contributed by atoms with Gasteiger partial charge in [-0.25, -0.2) is 4.79 Å². The number of carbonyl (C=O) groups is 4. The van der Waals surface area contributed by atoms with Gasteiger partial charge in [0.15, 0.2) is 23.1 Å². The zero-order chi connectivity index (χ0) is 33.2. The molecule has 0 aliphatic rings. The van der Waals surface area contributed by atoms with Gasteiger partial charge in [-0.15, -0.1) is 0 Å². The SMILES string of the molecule is CCCCCCC(=O)Oc1c(O)c(O)c(C(=O)CCCCCC)c(C(=O)OCc2cccc(OC)c2)c1C(=O)CCCCCC. The Morgan fingerprint density at radius 1 is 0.667 bits per heavy atom. The monoisotopic (exact) mass is 626 g/mol. The number of unbranched alkanes of at least 4 members (excludes halogenated alkanes) is 9. The first-order valence-electron chi connectivity index (χ1n) is 16.4. The molecule has 2 N–H and O–H groups in total. The molecule has 0 fully saturated rings. The largest absolute Gasteiger partial charge is 0.504 e. The minimum atomic E-state index is -1.05. The van der Waals surface area contributed by atoms with Gasteiger partial charge in [0.25, 0.3) is 0 Å². The number of aromatic hydroxyl groups is 2. The molecule has 0 aliphatic carbocycles. The Kier molecular flexibility index (Phi) is 16.8. The molecule has 9 nitrogen and oxygen atoms in total. The van der Waals surface area contributed by atoms with Gasteiger partial charge in [0.05, 0.1) is 23.8 Å². The molecule has 2 aromatic rings. The van der Waals surface area contributed by atoms with E-state index >= 15 is 0 Å². The van der Waals surface area contributed by atoms with E-state index in [2.05, 4.69) is 0 Å². The van der Waals surface area contributed by atoms with E-state index in [9.17, 15) is 29.4 Å². The van der Waals surface area contributed by atoms with Crippen LogP contribution in [-0.2, 0) is 16.1 Å². The molecule has 0 unspecified atom stereocenters. The lowest BCUT2D eigenvalue weighted by atomic mass is 9.89. The minimum absolute atomic E-state index is 0.0120. The van der Waals surface area contributed by atoms with E-state index in [4.69, 9.17) is 14.2 Å². The van der Waals surface area contributed by atoms with Gasteiger partial charge in [-0.1, -0.05) is 90.7 Å². The molecule has 0 radical (unpaired) electrons. The van der Waals surface area contributed by atoms with Crippen LogP contribution in [0.1, 0.15) is 154 Å². The summed E-state index contributed by atoms with van der Waals surface area (Å²) < 4.78 is 16.3. The van der Waals surface area contributed by atoms with Crippen LogP contribution in [-0.4, -0.2) is 40.8 Å². The number of benzene rings is 2. The zero-order valence-electron chi connectivity index (χ0n) is 27.4. The highest BCUT2D eigenvalue weighted by molar-refractivity contribution is 6.17. The molecule has 2 rings (SSSR count).